The molecule has 1 aromatic heterocycles. The van der Waals surface area contributed by atoms with Crippen molar-refractivity contribution in [3.8, 4) is 5.75 Å². The third kappa shape index (κ3) is 1.35. The fourth-order valence-electron chi connectivity index (χ4n) is 1.56. The molecule has 14 heavy (non-hydrogen) atoms. The number of benzene rings is 1. The molecule has 2 aromatic rings. The van der Waals surface area contributed by atoms with Gasteiger partial charge in [0.1, 0.15) is 5.75 Å². The van der Waals surface area contributed by atoms with E-state index >= 15 is 0 Å². The lowest BCUT2D eigenvalue weighted by molar-refractivity contribution is 0.471. The zero-order valence-corrected chi connectivity index (χ0v) is 7.77. The van der Waals surface area contributed by atoms with E-state index < -0.39 is 0 Å². The van der Waals surface area contributed by atoms with E-state index in [2.05, 4.69) is 11.6 Å². The molecule has 1 aromatic carbocycles. The van der Waals surface area contributed by atoms with Gasteiger partial charge in [0.25, 0.3) is 0 Å². The van der Waals surface area contributed by atoms with Crippen LogP contribution in [0.25, 0.3) is 10.9 Å². The smallest absolute Gasteiger partial charge is 0.119 e. The minimum Gasteiger partial charge on any atom is -0.508 e. The van der Waals surface area contributed by atoms with Crippen LogP contribution in [-0.4, -0.2) is 10.1 Å². The fraction of sp³-hybridized carbons (Fsp3) is 0.0833. The van der Waals surface area contributed by atoms with Crippen molar-refractivity contribution in [3.63, 3.8) is 0 Å². The Morgan fingerprint density at radius 2 is 2.21 bits per heavy atom. The van der Waals surface area contributed by atoms with E-state index in [1.807, 2.05) is 18.2 Å². The minimum absolute atomic E-state index is 0.311. The van der Waals surface area contributed by atoms with Crippen LogP contribution in [0, 0.1) is 0 Å². The maximum atomic E-state index is 9.66. The molecule has 0 saturated carbocycles. The van der Waals surface area contributed by atoms with Gasteiger partial charge in [-0.05, 0) is 24.6 Å². The first kappa shape index (κ1) is 8.75. The Bertz CT molecular complexity index is 477. The SMILES string of the molecule is C=CCc1c(O)ccc2ncccc12. The number of aromatic nitrogens is 1. The highest BCUT2D eigenvalue weighted by Crippen LogP contribution is 2.26. The van der Waals surface area contributed by atoms with Crippen molar-refractivity contribution in [2.75, 3.05) is 0 Å². The average Bonchev–Trinajstić information content (AvgIpc) is 2.23. The van der Waals surface area contributed by atoms with Gasteiger partial charge >= 0.3 is 0 Å². The molecule has 0 spiro atoms. The standard InChI is InChI=1S/C12H11NO/c1-2-4-10-9-5-3-8-13-11(9)6-7-12(10)14/h2-3,5-8,14H,1,4H2. The van der Waals surface area contributed by atoms with E-state index in [4.69, 9.17) is 0 Å². The zero-order chi connectivity index (χ0) is 9.97. The van der Waals surface area contributed by atoms with Gasteiger partial charge in [0.05, 0.1) is 5.52 Å². The second-order valence-electron chi connectivity index (χ2n) is 3.13. The number of hydrogen-bond donors (Lipinski definition) is 1. The first-order valence-electron chi connectivity index (χ1n) is 4.49. The van der Waals surface area contributed by atoms with Gasteiger partial charge in [-0.3, -0.25) is 4.98 Å². The second kappa shape index (κ2) is 3.50. The van der Waals surface area contributed by atoms with Gasteiger partial charge in [-0.15, -0.1) is 6.58 Å². The molecule has 0 aliphatic rings. The number of fused-ring (bicyclic) bond motifs is 1. The molecule has 70 valence electrons. The highest BCUT2D eigenvalue weighted by molar-refractivity contribution is 5.84. The van der Waals surface area contributed by atoms with Crippen LogP contribution in [0.15, 0.2) is 43.1 Å². The van der Waals surface area contributed by atoms with Crippen molar-refractivity contribution in [1.82, 2.24) is 4.98 Å². The normalized spacial score (nSPS) is 10.3. The molecular weight excluding hydrogens is 174 g/mol. The number of aromatic hydroxyl groups is 1. The van der Waals surface area contributed by atoms with Crippen LogP contribution in [0.1, 0.15) is 5.56 Å². The summed E-state index contributed by atoms with van der Waals surface area (Å²) in [6.45, 7) is 3.67. The number of hydrogen-bond acceptors (Lipinski definition) is 2. The van der Waals surface area contributed by atoms with Crippen molar-refractivity contribution in [2.45, 2.75) is 6.42 Å². The summed E-state index contributed by atoms with van der Waals surface area (Å²) >= 11 is 0. The van der Waals surface area contributed by atoms with E-state index in [0.29, 0.717) is 12.2 Å². The van der Waals surface area contributed by atoms with Crippen LogP contribution in [0.5, 0.6) is 5.75 Å². The number of pyridine rings is 1. The summed E-state index contributed by atoms with van der Waals surface area (Å²) in [4.78, 5) is 4.22. The van der Waals surface area contributed by atoms with E-state index in [0.717, 1.165) is 16.5 Å². The molecule has 0 aliphatic carbocycles. The van der Waals surface area contributed by atoms with E-state index in [-0.39, 0.29) is 0 Å². The molecule has 0 bridgehead atoms. The molecule has 1 N–H and O–H groups in total. The Morgan fingerprint density at radius 1 is 1.36 bits per heavy atom. The highest BCUT2D eigenvalue weighted by atomic mass is 16.3. The Labute approximate surface area is 82.5 Å². The van der Waals surface area contributed by atoms with Gasteiger partial charge in [-0.1, -0.05) is 12.1 Å². The van der Waals surface area contributed by atoms with Crippen LogP contribution in [0.3, 0.4) is 0 Å². The van der Waals surface area contributed by atoms with Crippen molar-refractivity contribution in [3.05, 3.63) is 48.7 Å². The maximum Gasteiger partial charge on any atom is 0.119 e. The van der Waals surface area contributed by atoms with Crippen LogP contribution in [-0.2, 0) is 6.42 Å². The third-order valence-corrected chi connectivity index (χ3v) is 2.22. The second-order valence-corrected chi connectivity index (χ2v) is 3.13. The summed E-state index contributed by atoms with van der Waals surface area (Å²) in [6.07, 6.45) is 4.19. The Balaban J connectivity index is 2.75. The number of allylic oxidation sites excluding steroid dienone is 1. The highest BCUT2D eigenvalue weighted by Gasteiger charge is 2.04. The van der Waals surface area contributed by atoms with E-state index in [1.165, 1.54) is 0 Å². The van der Waals surface area contributed by atoms with Gasteiger partial charge in [-0.2, -0.15) is 0 Å². The van der Waals surface area contributed by atoms with Gasteiger partial charge < -0.3 is 5.11 Å². The summed E-state index contributed by atoms with van der Waals surface area (Å²) in [6, 6.07) is 7.32. The monoisotopic (exact) mass is 185 g/mol. The molecule has 2 rings (SSSR count). The van der Waals surface area contributed by atoms with Crippen molar-refractivity contribution in [1.29, 1.82) is 0 Å². The molecule has 0 saturated heterocycles. The topological polar surface area (TPSA) is 33.1 Å². The number of rotatable bonds is 2. The van der Waals surface area contributed by atoms with E-state index in [1.54, 1.807) is 18.3 Å². The minimum atomic E-state index is 0.311. The number of phenolic OH excluding ortho intramolecular Hbond substituents is 1. The lowest BCUT2D eigenvalue weighted by Gasteiger charge is -2.05. The molecule has 0 fully saturated rings. The molecule has 2 heteroatoms. The largest absolute Gasteiger partial charge is 0.508 e. The molecule has 0 aliphatic heterocycles. The summed E-state index contributed by atoms with van der Waals surface area (Å²) in [5.74, 6) is 0.311. The Morgan fingerprint density at radius 3 is 3.00 bits per heavy atom. The predicted octanol–water partition coefficient (Wildman–Crippen LogP) is 2.67. The van der Waals surface area contributed by atoms with Crippen molar-refractivity contribution in [2.24, 2.45) is 0 Å². The summed E-state index contributed by atoms with van der Waals surface area (Å²) in [7, 11) is 0. The lowest BCUT2D eigenvalue weighted by Crippen LogP contribution is -1.87. The molecule has 0 amide bonds. The Hall–Kier alpha value is -1.83. The summed E-state index contributed by atoms with van der Waals surface area (Å²) in [5.41, 5.74) is 1.80. The molecule has 0 atom stereocenters. The molecule has 0 radical (unpaired) electrons. The van der Waals surface area contributed by atoms with Gasteiger partial charge in [0.2, 0.25) is 0 Å². The number of phenols is 1. The molecular formula is C12H11NO. The third-order valence-electron chi connectivity index (χ3n) is 2.22. The van der Waals surface area contributed by atoms with Gasteiger partial charge in [-0.25, -0.2) is 0 Å². The quantitative estimate of drug-likeness (QED) is 0.729. The fourth-order valence-corrected chi connectivity index (χ4v) is 1.56. The maximum absolute atomic E-state index is 9.66. The van der Waals surface area contributed by atoms with Gasteiger partial charge in [0.15, 0.2) is 0 Å². The predicted molar refractivity (Wildman–Crippen MR) is 57.3 cm³/mol. The summed E-state index contributed by atoms with van der Waals surface area (Å²) < 4.78 is 0. The van der Waals surface area contributed by atoms with Crippen LogP contribution < -0.4 is 0 Å². The van der Waals surface area contributed by atoms with Crippen molar-refractivity contribution >= 4 is 10.9 Å². The average molecular weight is 185 g/mol. The first-order chi connectivity index (χ1) is 6.83. The van der Waals surface area contributed by atoms with E-state index in [9.17, 15) is 5.11 Å². The summed E-state index contributed by atoms with van der Waals surface area (Å²) in [5, 5.41) is 10.7. The molecule has 2 nitrogen and oxygen atoms in total. The number of nitrogens with zero attached hydrogens (tertiary/aromatic N) is 1. The van der Waals surface area contributed by atoms with Crippen LogP contribution in [0.2, 0.25) is 0 Å². The Kier molecular flexibility index (Phi) is 2.19. The van der Waals surface area contributed by atoms with Crippen LogP contribution in [0.4, 0.5) is 0 Å². The first-order valence-corrected chi connectivity index (χ1v) is 4.49. The van der Waals surface area contributed by atoms with Gasteiger partial charge in [0, 0.05) is 17.1 Å². The zero-order valence-electron chi connectivity index (χ0n) is 7.77. The van der Waals surface area contributed by atoms with Crippen LogP contribution >= 0.6 is 0 Å². The molecule has 0 unspecified atom stereocenters. The van der Waals surface area contributed by atoms with Crippen molar-refractivity contribution < 1.29 is 5.11 Å². The lowest BCUT2D eigenvalue weighted by atomic mass is 10.0. The molecule has 1 heterocycles.